The van der Waals surface area contributed by atoms with Crippen LogP contribution in [-0.2, 0) is 11.3 Å². The average molecular weight is 331 g/mol. The highest BCUT2D eigenvalue weighted by atomic mass is 16.5. The van der Waals surface area contributed by atoms with Gasteiger partial charge in [-0.05, 0) is 30.5 Å². The number of amides is 3. The van der Waals surface area contributed by atoms with E-state index < -0.39 is 0 Å². The molecule has 0 aromatic heterocycles. The first-order valence-electron chi connectivity index (χ1n) is 8.34. The van der Waals surface area contributed by atoms with Crippen LogP contribution in [-0.4, -0.2) is 67.5 Å². The largest absolute Gasteiger partial charge is 0.497 e. The van der Waals surface area contributed by atoms with E-state index in [9.17, 15) is 9.59 Å². The quantitative estimate of drug-likeness (QED) is 0.849. The Hall–Kier alpha value is -2.24. The minimum Gasteiger partial charge on any atom is -0.497 e. The summed E-state index contributed by atoms with van der Waals surface area (Å²) in [5.41, 5.74) is 0.684. The molecular formula is C18H25N3O3. The summed E-state index contributed by atoms with van der Waals surface area (Å²) in [5.74, 6) is 0.983. The molecule has 0 N–H and O–H groups in total. The lowest BCUT2D eigenvalue weighted by Gasteiger charge is -2.25. The summed E-state index contributed by atoms with van der Waals surface area (Å²) in [6.07, 6.45) is 1.59. The third-order valence-electron chi connectivity index (χ3n) is 5.12. The van der Waals surface area contributed by atoms with Gasteiger partial charge in [-0.2, -0.15) is 0 Å². The number of rotatable bonds is 3. The predicted octanol–water partition coefficient (Wildman–Crippen LogP) is 1.80. The van der Waals surface area contributed by atoms with Crippen molar-refractivity contribution < 1.29 is 14.3 Å². The SMILES string of the molecule is COc1cccc(CN2CC[C@]3(CCN(C(=O)N(C)C)C3)C2=O)c1. The lowest BCUT2D eigenvalue weighted by molar-refractivity contribution is -0.135. The molecule has 0 bridgehead atoms. The number of urea groups is 1. The Balaban J connectivity index is 1.68. The van der Waals surface area contributed by atoms with Crippen molar-refractivity contribution in [2.45, 2.75) is 19.4 Å². The van der Waals surface area contributed by atoms with Gasteiger partial charge in [-0.15, -0.1) is 0 Å². The fraction of sp³-hybridized carbons (Fsp3) is 0.556. The molecule has 2 aliphatic rings. The summed E-state index contributed by atoms with van der Waals surface area (Å²) in [7, 11) is 5.14. The average Bonchev–Trinajstić information content (AvgIpc) is 3.14. The second-order valence-corrected chi connectivity index (χ2v) is 6.96. The molecule has 1 spiro atoms. The highest BCUT2D eigenvalue weighted by Gasteiger charge is 2.51. The molecule has 3 rings (SSSR count). The summed E-state index contributed by atoms with van der Waals surface area (Å²) in [5, 5.41) is 0. The van der Waals surface area contributed by atoms with Gasteiger partial charge in [-0.1, -0.05) is 12.1 Å². The van der Waals surface area contributed by atoms with Crippen molar-refractivity contribution in [1.82, 2.24) is 14.7 Å². The molecule has 1 aromatic carbocycles. The van der Waals surface area contributed by atoms with Gasteiger partial charge in [0.25, 0.3) is 0 Å². The van der Waals surface area contributed by atoms with E-state index in [-0.39, 0.29) is 17.4 Å². The number of hydrogen-bond acceptors (Lipinski definition) is 3. The van der Waals surface area contributed by atoms with E-state index >= 15 is 0 Å². The van der Waals surface area contributed by atoms with Crippen molar-refractivity contribution in [3.63, 3.8) is 0 Å². The molecule has 2 heterocycles. The third kappa shape index (κ3) is 2.92. The first-order valence-corrected chi connectivity index (χ1v) is 8.34. The van der Waals surface area contributed by atoms with Crippen LogP contribution >= 0.6 is 0 Å². The first kappa shape index (κ1) is 16.6. The van der Waals surface area contributed by atoms with Crippen LogP contribution in [0.1, 0.15) is 18.4 Å². The molecule has 0 radical (unpaired) electrons. The second-order valence-electron chi connectivity index (χ2n) is 6.96. The van der Waals surface area contributed by atoms with E-state index in [1.54, 1.807) is 31.0 Å². The predicted molar refractivity (Wildman–Crippen MR) is 90.7 cm³/mol. The Morgan fingerprint density at radius 3 is 2.75 bits per heavy atom. The minimum absolute atomic E-state index is 0.00841. The first-order chi connectivity index (χ1) is 11.4. The van der Waals surface area contributed by atoms with Crippen molar-refractivity contribution in [1.29, 1.82) is 0 Å². The molecule has 0 aliphatic carbocycles. The van der Waals surface area contributed by atoms with Gasteiger partial charge in [-0.3, -0.25) is 4.79 Å². The lowest BCUT2D eigenvalue weighted by atomic mass is 9.85. The van der Waals surface area contributed by atoms with Crippen molar-refractivity contribution in [3.05, 3.63) is 29.8 Å². The van der Waals surface area contributed by atoms with E-state index in [1.165, 1.54) is 0 Å². The molecule has 2 fully saturated rings. The smallest absolute Gasteiger partial charge is 0.319 e. The Morgan fingerprint density at radius 1 is 1.29 bits per heavy atom. The number of benzene rings is 1. The highest BCUT2D eigenvalue weighted by Crippen LogP contribution is 2.41. The van der Waals surface area contributed by atoms with Gasteiger partial charge in [0.05, 0.1) is 12.5 Å². The molecular weight excluding hydrogens is 306 g/mol. The number of carbonyl (C=O) groups is 2. The van der Waals surface area contributed by atoms with Crippen LogP contribution in [0.25, 0.3) is 0 Å². The van der Waals surface area contributed by atoms with Crippen LogP contribution < -0.4 is 4.74 Å². The molecule has 1 aromatic rings. The van der Waals surface area contributed by atoms with Gasteiger partial charge in [0.15, 0.2) is 0 Å². The Labute approximate surface area is 143 Å². The molecule has 6 nitrogen and oxygen atoms in total. The van der Waals surface area contributed by atoms with Gasteiger partial charge in [0.2, 0.25) is 5.91 Å². The number of methoxy groups -OCH3 is 1. The lowest BCUT2D eigenvalue weighted by Crippen LogP contribution is -2.41. The standard InChI is InChI=1S/C18H25N3O3/c1-19(2)17(23)21-10-8-18(13-21)7-9-20(16(18)22)12-14-5-4-6-15(11-14)24-3/h4-6,11H,7-10,12-13H2,1-3H3/t18-/m1/s1. The topological polar surface area (TPSA) is 53.1 Å². The third-order valence-corrected chi connectivity index (χ3v) is 5.12. The normalized spacial score (nSPS) is 23.2. The van der Waals surface area contributed by atoms with Crippen LogP contribution in [0.5, 0.6) is 5.75 Å². The second kappa shape index (κ2) is 6.34. The zero-order valence-corrected chi connectivity index (χ0v) is 14.6. The maximum Gasteiger partial charge on any atom is 0.319 e. The van der Waals surface area contributed by atoms with Crippen molar-refractivity contribution >= 4 is 11.9 Å². The fourth-order valence-corrected chi connectivity index (χ4v) is 3.73. The van der Waals surface area contributed by atoms with Gasteiger partial charge >= 0.3 is 6.03 Å². The van der Waals surface area contributed by atoms with E-state index in [0.29, 0.717) is 19.6 Å². The van der Waals surface area contributed by atoms with Crippen LogP contribution in [0.3, 0.4) is 0 Å². The van der Waals surface area contributed by atoms with Crippen molar-refractivity contribution in [3.8, 4) is 5.75 Å². The van der Waals surface area contributed by atoms with Gasteiger partial charge in [0.1, 0.15) is 5.75 Å². The van der Waals surface area contributed by atoms with E-state index in [1.807, 2.05) is 29.2 Å². The number of likely N-dealkylation sites (tertiary alicyclic amines) is 2. The maximum atomic E-state index is 13.0. The zero-order chi connectivity index (χ0) is 17.3. The minimum atomic E-state index is -0.384. The Kier molecular flexibility index (Phi) is 4.39. The molecule has 130 valence electrons. The van der Waals surface area contributed by atoms with Gasteiger partial charge < -0.3 is 19.4 Å². The zero-order valence-electron chi connectivity index (χ0n) is 14.6. The summed E-state index contributed by atoms with van der Waals surface area (Å²) in [6, 6.07) is 7.81. The maximum absolute atomic E-state index is 13.0. The summed E-state index contributed by atoms with van der Waals surface area (Å²) in [4.78, 5) is 30.4. The van der Waals surface area contributed by atoms with Gasteiger partial charge in [0, 0.05) is 40.3 Å². The van der Waals surface area contributed by atoms with E-state index in [4.69, 9.17) is 4.74 Å². The van der Waals surface area contributed by atoms with Crippen molar-refractivity contribution in [2.75, 3.05) is 40.8 Å². The number of ether oxygens (including phenoxy) is 1. The molecule has 0 unspecified atom stereocenters. The number of carbonyl (C=O) groups excluding carboxylic acids is 2. The van der Waals surface area contributed by atoms with Crippen LogP contribution in [0.4, 0.5) is 4.79 Å². The van der Waals surface area contributed by atoms with E-state index in [0.717, 1.165) is 30.7 Å². The van der Waals surface area contributed by atoms with Crippen LogP contribution in [0.15, 0.2) is 24.3 Å². The molecule has 24 heavy (non-hydrogen) atoms. The molecule has 2 aliphatic heterocycles. The Bertz CT molecular complexity index is 646. The molecule has 0 saturated carbocycles. The number of hydrogen-bond donors (Lipinski definition) is 0. The van der Waals surface area contributed by atoms with Gasteiger partial charge in [-0.25, -0.2) is 4.79 Å². The van der Waals surface area contributed by atoms with Crippen molar-refractivity contribution in [2.24, 2.45) is 5.41 Å². The molecule has 3 amide bonds. The summed E-state index contributed by atoms with van der Waals surface area (Å²) < 4.78 is 5.25. The molecule has 6 heteroatoms. The highest BCUT2D eigenvalue weighted by molar-refractivity contribution is 5.87. The molecule has 1 atom stereocenters. The monoisotopic (exact) mass is 331 g/mol. The summed E-state index contributed by atoms with van der Waals surface area (Å²) in [6.45, 7) is 2.55. The molecule has 2 saturated heterocycles. The fourth-order valence-electron chi connectivity index (χ4n) is 3.73. The van der Waals surface area contributed by atoms with E-state index in [2.05, 4.69) is 0 Å². The number of nitrogens with zero attached hydrogens (tertiary/aromatic N) is 3. The Morgan fingerprint density at radius 2 is 2.04 bits per heavy atom. The summed E-state index contributed by atoms with van der Waals surface area (Å²) >= 11 is 0. The van der Waals surface area contributed by atoms with Crippen LogP contribution in [0, 0.1) is 5.41 Å². The van der Waals surface area contributed by atoms with Crippen LogP contribution in [0.2, 0.25) is 0 Å².